The van der Waals surface area contributed by atoms with Crippen molar-refractivity contribution in [2.24, 2.45) is 0 Å². The van der Waals surface area contributed by atoms with E-state index in [1.165, 1.54) is 50.5 Å². The van der Waals surface area contributed by atoms with Crippen molar-refractivity contribution in [1.82, 2.24) is 0 Å². The predicted octanol–water partition coefficient (Wildman–Crippen LogP) is 5.81. The second-order valence-electron chi connectivity index (χ2n) is 9.51. The minimum absolute atomic E-state index is 0.617. The molecule has 2 nitrogen and oxygen atoms in total. The molecule has 1 unspecified atom stereocenters. The quantitative estimate of drug-likeness (QED) is 0.226. The third-order valence-electron chi connectivity index (χ3n) is 7.26. The zero-order valence-corrected chi connectivity index (χ0v) is 19.8. The van der Waals surface area contributed by atoms with Crippen LogP contribution in [0.5, 0.6) is 0 Å². The molecule has 0 bridgehead atoms. The first-order chi connectivity index (χ1) is 17.1. The summed E-state index contributed by atoms with van der Waals surface area (Å²) in [4.78, 5) is 0. The van der Waals surface area contributed by atoms with Crippen molar-refractivity contribution in [3.05, 3.63) is 132 Å². The lowest BCUT2D eigenvalue weighted by atomic mass is 9.96. The van der Waals surface area contributed by atoms with E-state index in [1.54, 1.807) is 0 Å². The van der Waals surface area contributed by atoms with Gasteiger partial charge in [-0.1, -0.05) is 65.6 Å². The van der Waals surface area contributed by atoms with E-state index in [4.69, 9.17) is 0 Å². The summed E-state index contributed by atoms with van der Waals surface area (Å²) in [6.45, 7) is 4.24. The van der Waals surface area contributed by atoms with E-state index in [1.807, 2.05) is 0 Å². The Balaban J connectivity index is 1.56. The maximum atomic E-state index is 3.74. The van der Waals surface area contributed by atoms with E-state index in [2.05, 4.69) is 144 Å². The fourth-order valence-electron chi connectivity index (χ4n) is 5.53. The lowest BCUT2D eigenvalue weighted by Crippen LogP contribution is -2.67. The average molecular weight is 449 g/mol. The van der Waals surface area contributed by atoms with E-state index < -0.39 is 5.66 Å². The monoisotopic (exact) mass is 448 g/mol. The van der Waals surface area contributed by atoms with Gasteiger partial charge >= 0.3 is 5.66 Å². The van der Waals surface area contributed by atoms with Crippen molar-refractivity contribution in [1.29, 1.82) is 0 Å². The van der Waals surface area contributed by atoms with Gasteiger partial charge in [-0.05, 0) is 55.3 Å². The summed E-state index contributed by atoms with van der Waals surface area (Å²) >= 11 is 0. The fourth-order valence-corrected chi connectivity index (χ4v) is 5.53. The Morgan fingerprint density at radius 2 is 1.31 bits per heavy atom. The van der Waals surface area contributed by atoms with Gasteiger partial charge in [-0.3, -0.25) is 0 Å². The molecule has 5 aromatic rings. The molecule has 0 spiro atoms. The molecule has 2 heteroatoms. The Bertz CT molecular complexity index is 1630. The van der Waals surface area contributed by atoms with Crippen LogP contribution in [0.15, 0.2) is 109 Å². The largest absolute Gasteiger partial charge is 0.455 e. The van der Waals surface area contributed by atoms with Gasteiger partial charge in [0.15, 0.2) is 6.20 Å². The number of aromatic nitrogens is 2. The van der Waals surface area contributed by atoms with E-state index in [0.29, 0.717) is 0 Å². The average Bonchev–Trinajstić information content (AvgIpc) is 3.35. The number of nitrogens with zero attached hydrogens (tertiary/aromatic N) is 2. The maximum Gasteiger partial charge on any atom is 0.455 e. The lowest BCUT2D eigenvalue weighted by Gasteiger charge is -2.10. The summed E-state index contributed by atoms with van der Waals surface area (Å²) in [5.74, 6) is 7.27. The highest BCUT2D eigenvalue weighted by Gasteiger charge is 2.66. The zero-order valence-electron chi connectivity index (χ0n) is 19.8. The van der Waals surface area contributed by atoms with Gasteiger partial charge in [-0.2, -0.15) is 0 Å². The Hall–Kier alpha value is -4.48. The Morgan fingerprint density at radius 3 is 2.11 bits per heavy atom. The van der Waals surface area contributed by atoms with Gasteiger partial charge in [0.2, 0.25) is 5.69 Å². The van der Waals surface area contributed by atoms with Gasteiger partial charge in [0.05, 0.1) is 11.5 Å². The summed E-state index contributed by atoms with van der Waals surface area (Å²) < 4.78 is 4.78. The molecular weight excluding hydrogens is 424 g/mol. The van der Waals surface area contributed by atoms with Crippen LogP contribution >= 0.6 is 0 Å². The molecule has 0 fully saturated rings. The summed E-state index contributed by atoms with van der Waals surface area (Å²) in [6.07, 6.45) is 2.17. The molecule has 1 atom stereocenters. The number of hydrogen-bond donors (Lipinski definition) is 0. The third kappa shape index (κ3) is 2.79. The summed E-state index contributed by atoms with van der Waals surface area (Å²) in [5.41, 5.74) is 11.4. The van der Waals surface area contributed by atoms with Crippen molar-refractivity contribution < 1.29 is 9.13 Å². The molecule has 3 aromatic carbocycles. The number of fused-ring (bicyclic) bond motifs is 6. The molecule has 164 valence electrons. The molecule has 7 rings (SSSR count). The van der Waals surface area contributed by atoms with Gasteiger partial charge in [0.1, 0.15) is 5.56 Å². The number of benzene rings is 3. The van der Waals surface area contributed by atoms with Crippen LogP contribution in [0.3, 0.4) is 0 Å². The molecular formula is C33H24N2+2. The van der Waals surface area contributed by atoms with Crippen molar-refractivity contribution in [2.75, 3.05) is 0 Å². The highest BCUT2D eigenvalue weighted by atomic mass is 15.3. The number of aryl methyl sites for hydroxylation is 2. The third-order valence-corrected chi connectivity index (χ3v) is 7.26. The number of hydrogen-bond acceptors (Lipinski definition) is 0. The van der Waals surface area contributed by atoms with Crippen LogP contribution in [0, 0.1) is 25.7 Å². The lowest BCUT2D eigenvalue weighted by molar-refractivity contribution is -0.924. The van der Waals surface area contributed by atoms with Crippen LogP contribution in [0.1, 0.15) is 22.3 Å². The van der Waals surface area contributed by atoms with E-state index in [0.717, 1.165) is 5.56 Å². The molecule has 0 saturated heterocycles. The standard InChI is InChI=1S/C33H24N2/c1-23-10-14-25(15-11-23)18-19-33-29-8-4-3-7-28(29)31-21-27(26-16-12-24(2)13-17-26)22-32(35(31)33)30-9-5-6-20-34(30)33/h3-17,20-22H,1-2H3/q+2. The molecule has 4 heterocycles. The van der Waals surface area contributed by atoms with E-state index in [-0.39, 0.29) is 0 Å². The minimum atomic E-state index is -0.617. The molecule has 0 N–H and O–H groups in total. The first-order valence-electron chi connectivity index (χ1n) is 12.0. The minimum Gasteiger partial charge on any atom is -0.112 e. The van der Waals surface area contributed by atoms with Crippen LogP contribution in [-0.2, 0) is 5.66 Å². The normalized spacial score (nSPS) is 16.2. The predicted molar refractivity (Wildman–Crippen MR) is 138 cm³/mol. The molecule has 35 heavy (non-hydrogen) atoms. The zero-order chi connectivity index (χ0) is 23.6. The first kappa shape index (κ1) is 19.9. The van der Waals surface area contributed by atoms with Crippen LogP contribution in [-0.4, -0.2) is 0 Å². The topological polar surface area (TPSA) is 7.76 Å². The number of rotatable bonds is 1. The summed E-state index contributed by atoms with van der Waals surface area (Å²) in [6, 6.07) is 37.1. The highest BCUT2D eigenvalue weighted by molar-refractivity contribution is 5.77. The van der Waals surface area contributed by atoms with E-state index >= 15 is 0 Å². The second kappa shape index (κ2) is 7.26. The van der Waals surface area contributed by atoms with E-state index in [9.17, 15) is 0 Å². The van der Waals surface area contributed by atoms with Gasteiger partial charge in [0, 0.05) is 29.8 Å². The number of pyridine rings is 2. The Morgan fingerprint density at radius 1 is 0.629 bits per heavy atom. The molecule has 0 amide bonds. The molecule has 0 radical (unpaired) electrons. The van der Waals surface area contributed by atoms with Crippen LogP contribution in [0.25, 0.3) is 33.8 Å². The van der Waals surface area contributed by atoms with Crippen molar-refractivity contribution >= 4 is 0 Å². The molecule has 2 aliphatic heterocycles. The van der Waals surface area contributed by atoms with Crippen molar-refractivity contribution in [3.63, 3.8) is 0 Å². The summed E-state index contributed by atoms with van der Waals surface area (Å²) in [7, 11) is 0. The highest BCUT2D eigenvalue weighted by Crippen LogP contribution is 2.43. The smallest absolute Gasteiger partial charge is 0.112 e. The SMILES string of the molecule is Cc1ccc(C#CC23c4ccccc4-c4cc(-c5ccc(C)cc5)cc([n+]42)-c2cccc[n+]23)cc1. The molecule has 2 aromatic heterocycles. The van der Waals surface area contributed by atoms with Crippen molar-refractivity contribution in [3.8, 4) is 45.6 Å². The molecule has 0 aliphatic carbocycles. The van der Waals surface area contributed by atoms with Crippen molar-refractivity contribution in [2.45, 2.75) is 19.5 Å². The first-order valence-corrected chi connectivity index (χ1v) is 12.0. The Labute approximate surface area is 205 Å². The van der Waals surface area contributed by atoms with Crippen LogP contribution in [0.2, 0.25) is 0 Å². The molecule has 2 aliphatic rings. The molecule has 0 saturated carbocycles. The van der Waals surface area contributed by atoms with Crippen LogP contribution < -0.4 is 9.13 Å². The van der Waals surface area contributed by atoms with Gasteiger partial charge < -0.3 is 0 Å². The van der Waals surface area contributed by atoms with Gasteiger partial charge in [0.25, 0.3) is 11.4 Å². The maximum absolute atomic E-state index is 3.74. The Kier molecular flexibility index (Phi) is 4.13. The van der Waals surface area contributed by atoms with Gasteiger partial charge in [-0.25, -0.2) is 0 Å². The fraction of sp³-hybridized carbons (Fsp3) is 0.0909. The second-order valence-corrected chi connectivity index (χ2v) is 9.51. The van der Waals surface area contributed by atoms with Crippen LogP contribution in [0.4, 0.5) is 0 Å². The summed E-state index contributed by atoms with van der Waals surface area (Å²) in [5, 5.41) is 0. The van der Waals surface area contributed by atoms with Gasteiger partial charge in [-0.15, -0.1) is 9.13 Å².